The molecule has 0 heterocycles. The summed E-state index contributed by atoms with van der Waals surface area (Å²) in [6.45, 7) is 4.70. The number of methoxy groups -OCH3 is 2. The first-order valence-corrected chi connectivity index (χ1v) is 7.09. The van der Waals surface area contributed by atoms with Gasteiger partial charge >= 0.3 is 0 Å². The predicted molar refractivity (Wildman–Crippen MR) is 80.7 cm³/mol. The molecule has 1 aromatic carbocycles. The van der Waals surface area contributed by atoms with Gasteiger partial charge in [-0.2, -0.15) is 0 Å². The van der Waals surface area contributed by atoms with E-state index in [1.165, 1.54) is 0 Å². The number of hydrogen-bond acceptors (Lipinski definition) is 4. The van der Waals surface area contributed by atoms with Crippen molar-refractivity contribution in [3.8, 4) is 0 Å². The number of benzene rings is 1. The van der Waals surface area contributed by atoms with E-state index >= 15 is 0 Å². The van der Waals surface area contributed by atoms with Crippen LogP contribution in [0.4, 0.5) is 5.69 Å². The number of aliphatic hydroxyl groups excluding tert-OH is 1. The van der Waals surface area contributed by atoms with Gasteiger partial charge in [0.25, 0.3) is 0 Å². The Morgan fingerprint density at radius 3 is 2.21 bits per heavy atom. The molecule has 1 atom stereocenters. The van der Waals surface area contributed by atoms with E-state index in [4.69, 9.17) is 9.47 Å². The summed E-state index contributed by atoms with van der Waals surface area (Å²) in [4.78, 5) is 2.20. The molecule has 0 amide bonds. The zero-order valence-corrected chi connectivity index (χ0v) is 13.3. The SMILES string of the molecule is COCCN(CCOC)c1ccc([C@H](C)O)c(Br)c1. The lowest BCUT2D eigenvalue weighted by Crippen LogP contribution is -2.30. The summed E-state index contributed by atoms with van der Waals surface area (Å²) in [7, 11) is 3.39. The van der Waals surface area contributed by atoms with Crippen LogP contribution in [0.25, 0.3) is 0 Å². The van der Waals surface area contributed by atoms with E-state index in [1.807, 2.05) is 18.2 Å². The van der Waals surface area contributed by atoms with Crippen LogP contribution in [0.2, 0.25) is 0 Å². The van der Waals surface area contributed by atoms with Gasteiger partial charge in [-0.1, -0.05) is 22.0 Å². The van der Waals surface area contributed by atoms with Gasteiger partial charge in [0, 0.05) is 37.5 Å². The lowest BCUT2D eigenvalue weighted by Gasteiger charge is -2.25. The number of anilines is 1. The number of halogens is 1. The van der Waals surface area contributed by atoms with Crippen molar-refractivity contribution >= 4 is 21.6 Å². The van der Waals surface area contributed by atoms with Gasteiger partial charge in [0.1, 0.15) is 0 Å². The zero-order chi connectivity index (χ0) is 14.3. The van der Waals surface area contributed by atoms with Crippen molar-refractivity contribution in [3.63, 3.8) is 0 Å². The minimum absolute atomic E-state index is 0.477. The second-order valence-electron chi connectivity index (χ2n) is 4.35. The fourth-order valence-electron chi connectivity index (χ4n) is 1.82. The van der Waals surface area contributed by atoms with Crippen LogP contribution in [0, 0.1) is 0 Å². The first kappa shape index (κ1) is 16.4. The fourth-order valence-corrected chi connectivity index (χ4v) is 2.52. The third kappa shape index (κ3) is 5.10. The maximum Gasteiger partial charge on any atom is 0.0772 e. The van der Waals surface area contributed by atoms with Crippen LogP contribution in [0.15, 0.2) is 22.7 Å². The van der Waals surface area contributed by atoms with E-state index in [1.54, 1.807) is 21.1 Å². The largest absolute Gasteiger partial charge is 0.389 e. The molecular formula is C14H22BrNO3. The van der Waals surface area contributed by atoms with Crippen molar-refractivity contribution in [2.45, 2.75) is 13.0 Å². The third-order valence-electron chi connectivity index (χ3n) is 2.93. The molecule has 0 radical (unpaired) electrons. The molecule has 0 bridgehead atoms. The van der Waals surface area contributed by atoms with Gasteiger partial charge in [-0.05, 0) is 24.6 Å². The molecular weight excluding hydrogens is 310 g/mol. The number of aliphatic hydroxyl groups is 1. The van der Waals surface area contributed by atoms with Crippen LogP contribution >= 0.6 is 15.9 Å². The summed E-state index contributed by atoms with van der Waals surface area (Å²) >= 11 is 3.50. The molecule has 0 fully saturated rings. The second kappa shape index (κ2) is 8.53. The van der Waals surface area contributed by atoms with Gasteiger partial charge in [-0.3, -0.25) is 0 Å². The fraction of sp³-hybridized carbons (Fsp3) is 0.571. The van der Waals surface area contributed by atoms with Crippen LogP contribution < -0.4 is 4.90 Å². The van der Waals surface area contributed by atoms with Gasteiger partial charge in [0.15, 0.2) is 0 Å². The minimum atomic E-state index is -0.477. The normalized spacial score (nSPS) is 12.5. The van der Waals surface area contributed by atoms with Crippen molar-refractivity contribution in [1.29, 1.82) is 0 Å². The third-order valence-corrected chi connectivity index (χ3v) is 3.62. The summed E-state index contributed by atoms with van der Waals surface area (Å²) < 4.78 is 11.2. The Morgan fingerprint density at radius 2 is 1.79 bits per heavy atom. The molecule has 0 aliphatic rings. The lowest BCUT2D eigenvalue weighted by molar-refractivity contribution is 0.190. The van der Waals surface area contributed by atoms with Gasteiger partial charge < -0.3 is 19.5 Å². The Balaban J connectivity index is 2.85. The van der Waals surface area contributed by atoms with E-state index in [0.29, 0.717) is 13.2 Å². The topological polar surface area (TPSA) is 41.9 Å². The van der Waals surface area contributed by atoms with Gasteiger partial charge in [0.05, 0.1) is 19.3 Å². The van der Waals surface area contributed by atoms with Gasteiger partial charge in [-0.25, -0.2) is 0 Å². The van der Waals surface area contributed by atoms with E-state index in [9.17, 15) is 5.11 Å². The van der Waals surface area contributed by atoms with Crippen molar-refractivity contribution in [2.24, 2.45) is 0 Å². The standard InChI is InChI=1S/C14H22BrNO3/c1-11(17)13-5-4-12(10-14(13)15)16(6-8-18-2)7-9-19-3/h4-5,10-11,17H,6-9H2,1-3H3/t11-/m0/s1. The van der Waals surface area contributed by atoms with E-state index in [0.717, 1.165) is 28.8 Å². The van der Waals surface area contributed by atoms with E-state index in [2.05, 4.69) is 20.8 Å². The van der Waals surface area contributed by atoms with Crippen molar-refractivity contribution in [2.75, 3.05) is 45.4 Å². The molecule has 5 heteroatoms. The monoisotopic (exact) mass is 331 g/mol. The highest BCUT2D eigenvalue weighted by atomic mass is 79.9. The lowest BCUT2D eigenvalue weighted by atomic mass is 10.1. The Morgan fingerprint density at radius 1 is 1.21 bits per heavy atom. The van der Waals surface area contributed by atoms with Crippen LogP contribution in [0.1, 0.15) is 18.6 Å². The maximum absolute atomic E-state index is 9.63. The number of nitrogens with zero attached hydrogens (tertiary/aromatic N) is 1. The molecule has 0 spiro atoms. The Labute approximate surface area is 123 Å². The average molecular weight is 332 g/mol. The summed E-state index contributed by atoms with van der Waals surface area (Å²) in [6, 6.07) is 5.97. The summed E-state index contributed by atoms with van der Waals surface area (Å²) in [5.41, 5.74) is 1.98. The highest BCUT2D eigenvalue weighted by molar-refractivity contribution is 9.10. The molecule has 1 aromatic rings. The van der Waals surface area contributed by atoms with Crippen molar-refractivity contribution in [3.05, 3.63) is 28.2 Å². The van der Waals surface area contributed by atoms with Gasteiger partial charge in [-0.15, -0.1) is 0 Å². The highest BCUT2D eigenvalue weighted by Gasteiger charge is 2.11. The molecule has 1 N–H and O–H groups in total. The smallest absolute Gasteiger partial charge is 0.0772 e. The van der Waals surface area contributed by atoms with Crippen LogP contribution in [0.3, 0.4) is 0 Å². The highest BCUT2D eigenvalue weighted by Crippen LogP contribution is 2.28. The molecule has 108 valence electrons. The summed E-state index contributed by atoms with van der Waals surface area (Å²) in [5, 5.41) is 9.63. The second-order valence-corrected chi connectivity index (χ2v) is 5.21. The Kier molecular flexibility index (Phi) is 7.38. The quantitative estimate of drug-likeness (QED) is 0.795. The van der Waals surface area contributed by atoms with E-state index in [-0.39, 0.29) is 0 Å². The molecule has 0 aliphatic heterocycles. The summed E-state index contributed by atoms with van der Waals surface area (Å²) in [6.07, 6.45) is -0.477. The molecule has 1 rings (SSSR count). The maximum atomic E-state index is 9.63. The summed E-state index contributed by atoms with van der Waals surface area (Å²) in [5.74, 6) is 0. The predicted octanol–water partition coefficient (Wildman–Crippen LogP) is 2.60. The first-order valence-electron chi connectivity index (χ1n) is 6.30. The van der Waals surface area contributed by atoms with Gasteiger partial charge in [0.2, 0.25) is 0 Å². The molecule has 0 aromatic heterocycles. The molecule has 4 nitrogen and oxygen atoms in total. The van der Waals surface area contributed by atoms with Crippen molar-refractivity contribution in [1.82, 2.24) is 0 Å². The number of hydrogen-bond donors (Lipinski definition) is 1. The molecule has 0 saturated heterocycles. The molecule has 0 saturated carbocycles. The van der Waals surface area contributed by atoms with Crippen molar-refractivity contribution < 1.29 is 14.6 Å². The Hall–Kier alpha value is -0.620. The number of rotatable bonds is 8. The number of ether oxygens (including phenoxy) is 2. The minimum Gasteiger partial charge on any atom is -0.389 e. The van der Waals surface area contributed by atoms with E-state index < -0.39 is 6.10 Å². The van der Waals surface area contributed by atoms with Crippen LogP contribution in [-0.2, 0) is 9.47 Å². The molecule has 0 aliphatic carbocycles. The van der Waals surface area contributed by atoms with Crippen LogP contribution in [0.5, 0.6) is 0 Å². The average Bonchev–Trinajstić information content (AvgIpc) is 2.38. The van der Waals surface area contributed by atoms with Crippen LogP contribution in [-0.4, -0.2) is 45.6 Å². The molecule has 19 heavy (non-hydrogen) atoms. The Bertz CT molecular complexity index is 377. The first-order chi connectivity index (χ1) is 9.10. The zero-order valence-electron chi connectivity index (χ0n) is 11.7. The molecule has 0 unspecified atom stereocenters.